The maximum atomic E-state index is 10.4. The van der Waals surface area contributed by atoms with Gasteiger partial charge in [-0.2, -0.15) is 0 Å². The second-order valence-corrected chi connectivity index (χ2v) is 35.7. The molecule has 20 aromatic rings. The van der Waals surface area contributed by atoms with Crippen molar-refractivity contribution in [2.45, 2.75) is 105 Å². The van der Waals surface area contributed by atoms with E-state index >= 15 is 0 Å². The molecule has 0 atom stereocenters. The van der Waals surface area contributed by atoms with Crippen LogP contribution in [0, 0.1) is 0 Å². The van der Waals surface area contributed by atoms with E-state index in [-0.39, 0.29) is 100.0 Å². The number of rotatable bonds is 11. The van der Waals surface area contributed by atoms with E-state index in [9.17, 15) is 32.9 Å². The fourth-order valence-electron chi connectivity index (χ4n) is 17.6. The summed E-state index contributed by atoms with van der Waals surface area (Å²) in [6.45, 7) is 23.9. The molecule has 0 fully saturated rings. The summed E-state index contributed by atoms with van der Waals surface area (Å²) < 4.78 is 255. The zero-order chi connectivity index (χ0) is 107. The van der Waals surface area contributed by atoms with Crippen molar-refractivity contribution >= 4 is 123 Å². The number of aromatic nitrogens is 9. The zero-order valence-corrected chi connectivity index (χ0v) is 69.8. The van der Waals surface area contributed by atoms with Crippen molar-refractivity contribution in [3.63, 3.8) is 0 Å². The van der Waals surface area contributed by atoms with Crippen LogP contribution in [-0.4, -0.2) is 50.3 Å². The van der Waals surface area contributed by atoms with Gasteiger partial charge in [0.25, 0.3) is 6.71 Å². The average Bonchev–Trinajstić information content (AvgIpc) is 1.24. The summed E-state index contributed by atoms with van der Waals surface area (Å²) in [6.07, 6.45) is 0. The third-order valence-corrected chi connectivity index (χ3v) is 23.8. The first-order chi connectivity index (χ1) is 70.8. The molecule has 2 aliphatic rings. The molecule has 7 heterocycles. The SMILES string of the molecule is [2H]c1c([2H])c([2H])c(-c2nc(-c3cc(C(C)(C)C)ccc3N3c4cc(-n5c6c([2H])c([2H])c([2H])c([2H])c6c6c([2H])c([2H])c([2H])c([2H])c65)ccc4B4c5ccc(-n6c7ccc(C(C)(C)C)cc7c7cc(C(C)(C)C)ccc76)cc5N(c5ccc(C(C)(C)C)cc5-c5nc(-c6ccccc6)nc(-c6ccccc6)n5)c5cc(-n6c7c([2H])c([2H])c([2H])c([2H])c7c7c([2H])c([2H])c([2H])c([2H])c76)cc3c54)nc(-c3c([2H])c([2H])c([2H])c([2H])c3[2H])n2)c([2H])c1[2H]. The van der Waals surface area contributed by atoms with Crippen LogP contribution in [0.15, 0.2) is 339 Å². The van der Waals surface area contributed by atoms with E-state index in [2.05, 4.69) is 114 Å². The molecule has 598 valence electrons. The predicted octanol–water partition coefficient (Wildman–Crippen LogP) is 26.6. The van der Waals surface area contributed by atoms with Crippen molar-refractivity contribution in [2.24, 2.45) is 0 Å². The Labute approximate surface area is 760 Å². The lowest BCUT2D eigenvalue weighted by atomic mass is 9.33. The molecule has 0 N–H and O–H groups in total. The van der Waals surface area contributed by atoms with Gasteiger partial charge in [0.2, 0.25) is 0 Å². The van der Waals surface area contributed by atoms with E-state index in [1.165, 1.54) is 9.13 Å². The molecule has 5 aromatic heterocycles. The number of hydrogen-bond acceptors (Lipinski definition) is 8. The highest BCUT2D eigenvalue weighted by molar-refractivity contribution is 7.00. The predicted molar refractivity (Wildman–Crippen MR) is 518 cm³/mol. The molecule has 12 heteroatoms. The molecule has 22 rings (SSSR count). The van der Waals surface area contributed by atoms with Gasteiger partial charge in [-0.15, -0.1) is 0 Å². The lowest BCUT2D eigenvalue weighted by molar-refractivity contribution is 0.590. The van der Waals surface area contributed by atoms with Crippen molar-refractivity contribution in [1.82, 2.24) is 43.6 Å². The highest BCUT2D eigenvalue weighted by Crippen LogP contribution is 2.53. The summed E-state index contributed by atoms with van der Waals surface area (Å²) in [5.74, 6) is -0.928. The van der Waals surface area contributed by atoms with Gasteiger partial charge in [-0.1, -0.05) is 313 Å². The molecular formula is C112H92BN11. The molecule has 124 heavy (non-hydrogen) atoms. The van der Waals surface area contributed by atoms with Crippen LogP contribution >= 0.6 is 0 Å². The fraction of sp³-hybridized carbons (Fsp3) is 0.143. The Bertz CT molecular complexity index is 9000. The van der Waals surface area contributed by atoms with Crippen LogP contribution in [0.1, 0.15) is 141 Å². The Morgan fingerprint density at radius 3 is 0.919 bits per heavy atom. The summed E-state index contributed by atoms with van der Waals surface area (Å²) >= 11 is 0. The van der Waals surface area contributed by atoms with Gasteiger partial charge in [-0.05, 0) is 169 Å². The van der Waals surface area contributed by atoms with Crippen LogP contribution in [0.4, 0.5) is 34.1 Å². The van der Waals surface area contributed by atoms with Crippen LogP contribution in [0.5, 0.6) is 0 Å². The molecule has 2 aliphatic heterocycles. The molecule has 0 unspecified atom stereocenters. The number of benzene rings is 15. The molecule has 11 nitrogen and oxygen atoms in total. The van der Waals surface area contributed by atoms with Crippen molar-refractivity contribution < 1.29 is 35.6 Å². The van der Waals surface area contributed by atoms with E-state index < -0.39 is 203 Å². The van der Waals surface area contributed by atoms with Gasteiger partial charge in [0.1, 0.15) is 0 Å². The summed E-state index contributed by atoms with van der Waals surface area (Å²) in [5.41, 5.74) is 5.72. The summed E-state index contributed by atoms with van der Waals surface area (Å²) in [6, 6.07) is 39.0. The smallest absolute Gasteiger partial charge is 0.252 e. The molecule has 0 radical (unpaired) electrons. The topological polar surface area (TPSA) is 98.6 Å². The van der Waals surface area contributed by atoms with Crippen LogP contribution < -0.4 is 26.2 Å². The third-order valence-electron chi connectivity index (χ3n) is 23.8. The van der Waals surface area contributed by atoms with Gasteiger partial charge in [0.15, 0.2) is 34.9 Å². The van der Waals surface area contributed by atoms with Gasteiger partial charge in [-0.25, -0.2) is 29.9 Å². The molecular weight excluding hydrogens is 1510 g/mol. The van der Waals surface area contributed by atoms with Gasteiger partial charge in [0.05, 0.1) is 85.8 Å². The van der Waals surface area contributed by atoms with Gasteiger partial charge < -0.3 is 23.5 Å². The number of para-hydroxylation sites is 4. The van der Waals surface area contributed by atoms with Crippen LogP contribution in [-0.2, 0) is 21.7 Å². The third kappa shape index (κ3) is 12.5. The monoisotopic (exact) mass is 1630 g/mol. The van der Waals surface area contributed by atoms with Crippen molar-refractivity contribution in [3.8, 4) is 85.4 Å². The Kier molecular flexibility index (Phi) is 12.1. The summed E-state index contributed by atoms with van der Waals surface area (Å²) in [4.78, 5) is 35.4. The quantitative estimate of drug-likeness (QED) is 0.118. The second-order valence-electron chi connectivity index (χ2n) is 35.7. The number of fused-ring (bicyclic) bond motifs is 13. The summed E-state index contributed by atoms with van der Waals surface area (Å²) in [7, 11) is 0. The minimum atomic E-state index is -1.13. The molecule has 15 aromatic carbocycles. The first-order valence-corrected chi connectivity index (χ1v) is 41.1. The lowest BCUT2D eigenvalue weighted by Gasteiger charge is -2.45. The Hall–Kier alpha value is -14.6. The molecule has 0 amide bonds. The minimum Gasteiger partial charge on any atom is -0.311 e. The van der Waals surface area contributed by atoms with E-state index in [0.717, 1.165) is 38.5 Å². The Morgan fingerprint density at radius 1 is 0.242 bits per heavy atom. The minimum absolute atomic E-state index is 0.0114. The average molecular weight is 1630 g/mol. The first-order valence-electron chi connectivity index (χ1n) is 54.1. The highest BCUT2D eigenvalue weighted by atomic mass is 15.2. The normalized spacial score (nSPS) is 15.9. The highest BCUT2D eigenvalue weighted by Gasteiger charge is 2.46. The fourth-order valence-corrected chi connectivity index (χ4v) is 17.6. The maximum absolute atomic E-state index is 10.4. The van der Waals surface area contributed by atoms with Crippen molar-refractivity contribution in [2.75, 3.05) is 9.80 Å². The van der Waals surface area contributed by atoms with Gasteiger partial charge in [-0.3, -0.25) is 0 Å². The van der Waals surface area contributed by atoms with Crippen LogP contribution in [0.3, 0.4) is 0 Å². The zero-order valence-electron chi connectivity index (χ0n) is 95.8. The number of anilines is 6. The van der Waals surface area contributed by atoms with E-state index in [1.54, 1.807) is 47.4 Å². The molecule has 0 bridgehead atoms. The summed E-state index contributed by atoms with van der Waals surface area (Å²) in [5, 5.41) is 0.800. The van der Waals surface area contributed by atoms with E-state index in [1.807, 2.05) is 118 Å². The van der Waals surface area contributed by atoms with E-state index in [4.69, 9.17) is 32.6 Å². The Morgan fingerprint density at radius 2 is 0.548 bits per heavy atom. The molecule has 0 aliphatic carbocycles. The number of hydrogen-bond donors (Lipinski definition) is 0. The van der Waals surface area contributed by atoms with Gasteiger partial charge in [0, 0.05) is 99.8 Å². The molecule has 0 saturated carbocycles. The second kappa shape index (κ2) is 28.5. The van der Waals surface area contributed by atoms with Crippen LogP contribution in [0.25, 0.3) is 151 Å². The molecule has 0 saturated heterocycles. The Balaban J connectivity index is 0.982. The van der Waals surface area contributed by atoms with Crippen LogP contribution in [0.2, 0.25) is 0 Å². The first kappa shape index (κ1) is 52.5. The van der Waals surface area contributed by atoms with E-state index in [0.29, 0.717) is 67.4 Å². The van der Waals surface area contributed by atoms with Crippen molar-refractivity contribution in [1.29, 1.82) is 0 Å². The maximum Gasteiger partial charge on any atom is 0.252 e. The standard InChI is InChI=1S/C112H92BN11/c1-109(2,3)73-49-57-94-84(61-73)85-62-74(110(4,5)6)50-58-95(85)121(94)78-54-56-89-99(66-78)124(97-60-52-76(112(10,11)12)64-87(97)108-118-105(71-37-21-15-22-38-71)115-106(119-108)72-39-23-16-24-40-72)101-68-79(122-92-47-31-27-43-82(92)83-44-28-32-48-93(83)122)67-100-102(101)113(89)88-55-53-77(120-90-45-29-25-41-80(90)81-42-26-30-46-91(81)120)65-98(88)123(100)96-59-51-75(111(7,8)9)63-86(96)107-116-103(69-33-17-13-18-34-69)114-104(117-107)70-35-19-14-20-36-70/h13-68H,1-12H3/i13D,14D,17D,18D,19D,20D,25D,26D,27D,28D,29D,30D,31D,32D,33D,34D,35D,36D,41D,42D,43D,44D,45D,46D,47D,48D. The van der Waals surface area contributed by atoms with Crippen molar-refractivity contribution in [3.05, 3.63) is 361 Å². The lowest BCUT2D eigenvalue weighted by Crippen LogP contribution is -2.61. The molecule has 0 spiro atoms. The largest absolute Gasteiger partial charge is 0.311 e. The number of nitrogens with zero attached hydrogens (tertiary/aromatic N) is 11. The van der Waals surface area contributed by atoms with Gasteiger partial charge >= 0.3 is 0 Å².